The van der Waals surface area contributed by atoms with E-state index in [0.29, 0.717) is 18.9 Å². The van der Waals surface area contributed by atoms with Crippen LogP contribution < -0.4 is 5.73 Å². The van der Waals surface area contributed by atoms with E-state index in [9.17, 15) is 8.42 Å². The van der Waals surface area contributed by atoms with Crippen molar-refractivity contribution in [2.24, 2.45) is 11.7 Å². The molecule has 0 saturated heterocycles. The summed E-state index contributed by atoms with van der Waals surface area (Å²) in [4.78, 5) is 0. The van der Waals surface area contributed by atoms with Crippen LogP contribution in [0.3, 0.4) is 0 Å². The van der Waals surface area contributed by atoms with Crippen LogP contribution in [0.15, 0.2) is 0 Å². The Labute approximate surface area is 117 Å². The summed E-state index contributed by atoms with van der Waals surface area (Å²) in [6.45, 7) is 0.687. The number of sulfone groups is 1. The number of rotatable bonds is 4. The van der Waals surface area contributed by atoms with Crippen LogP contribution in [0.4, 0.5) is 0 Å². The predicted molar refractivity (Wildman–Crippen MR) is 76.8 cm³/mol. The SMILES string of the molecule is CS(=O)(=O)C1CCCC(OC2CCCCC2CN)C1. The van der Waals surface area contributed by atoms with Gasteiger partial charge in [0.2, 0.25) is 0 Å². The van der Waals surface area contributed by atoms with Crippen molar-refractivity contribution < 1.29 is 13.2 Å². The van der Waals surface area contributed by atoms with E-state index >= 15 is 0 Å². The van der Waals surface area contributed by atoms with Crippen LogP contribution in [0.5, 0.6) is 0 Å². The van der Waals surface area contributed by atoms with Crippen molar-refractivity contribution >= 4 is 9.84 Å². The fourth-order valence-electron chi connectivity index (χ4n) is 3.48. The minimum absolute atomic E-state index is 0.116. The Morgan fingerprint density at radius 1 is 1.11 bits per heavy atom. The molecule has 0 aliphatic heterocycles. The summed E-state index contributed by atoms with van der Waals surface area (Å²) in [5.41, 5.74) is 5.82. The van der Waals surface area contributed by atoms with Crippen molar-refractivity contribution in [3.63, 3.8) is 0 Å². The molecule has 2 aliphatic carbocycles. The van der Waals surface area contributed by atoms with Crippen molar-refractivity contribution in [2.75, 3.05) is 12.8 Å². The normalized spacial score (nSPS) is 37.2. The second kappa shape index (κ2) is 6.55. The van der Waals surface area contributed by atoms with Crippen molar-refractivity contribution in [1.29, 1.82) is 0 Å². The third-order valence-electron chi connectivity index (χ3n) is 4.69. The zero-order valence-electron chi connectivity index (χ0n) is 11.9. The highest BCUT2D eigenvalue weighted by atomic mass is 32.2. The first kappa shape index (κ1) is 15.3. The maximum atomic E-state index is 11.7. The van der Waals surface area contributed by atoms with Crippen molar-refractivity contribution in [3.05, 3.63) is 0 Å². The van der Waals surface area contributed by atoms with Gasteiger partial charge in [-0.3, -0.25) is 0 Å². The summed E-state index contributed by atoms with van der Waals surface area (Å²) in [5, 5.41) is -0.203. The van der Waals surface area contributed by atoms with Gasteiger partial charge < -0.3 is 10.5 Å². The lowest BCUT2D eigenvalue weighted by atomic mass is 9.86. The van der Waals surface area contributed by atoms with Gasteiger partial charge in [0.1, 0.15) is 9.84 Å². The van der Waals surface area contributed by atoms with Gasteiger partial charge in [-0.05, 0) is 51.0 Å². The molecule has 0 aromatic carbocycles. The molecule has 0 spiro atoms. The van der Waals surface area contributed by atoms with Crippen LogP contribution in [0.25, 0.3) is 0 Å². The molecular formula is C14H27NO3S. The Morgan fingerprint density at radius 2 is 1.84 bits per heavy atom. The molecule has 0 aromatic heterocycles. The molecule has 0 heterocycles. The molecule has 0 radical (unpaired) electrons. The second-order valence-corrected chi connectivity index (χ2v) is 8.52. The van der Waals surface area contributed by atoms with Crippen LogP contribution >= 0.6 is 0 Å². The van der Waals surface area contributed by atoms with E-state index in [1.54, 1.807) is 0 Å². The van der Waals surface area contributed by atoms with Gasteiger partial charge in [-0.25, -0.2) is 8.42 Å². The molecule has 19 heavy (non-hydrogen) atoms. The topological polar surface area (TPSA) is 69.4 Å². The summed E-state index contributed by atoms with van der Waals surface area (Å²) in [5.74, 6) is 0.465. The third-order valence-corrected chi connectivity index (χ3v) is 6.33. The minimum atomic E-state index is -2.92. The summed E-state index contributed by atoms with van der Waals surface area (Å²) in [7, 11) is -2.92. The first-order valence-corrected chi connectivity index (χ1v) is 9.50. The van der Waals surface area contributed by atoms with E-state index in [4.69, 9.17) is 10.5 Å². The van der Waals surface area contributed by atoms with E-state index in [-0.39, 0.29) is 17.5 Å². The molecule has 112 valence electrons. The maximum absolute atomic E-state index is 11.7. The van der Waals surface area contributed by atoms with Crippen LogP contribution in [-0.4, -0.2) is 38.7 Å². The Bertz CT molecular complexity index is 382. The molecule has 0 aromatic rings. The second-order valence-electron chi connectivity index (χ2n) is 6.19. The van der Waals surface area contributed by atoms with Crippen LogP contribution in [-0.2, 0) is 14.6 Å². The average Bonchev–Trinajstić information content (AvgIpc) is 2.39. The maximum Gasteiger partial charge on any atom is 0.150 e. The van der Waals surface area contributed by atoms with Gasteiger partial charge in [0.25, 0.3) is 0 Å². The summed E-state index contributed by atoms with van der Waals surface area (Å²) in [6, 6.07) is 0. The Balaban J connectivity index is 1.91. The van der Waals surface area contributed by atoms with E-state index in [2.05, 4.69) is 0 Å². The van der Waals surface area contributed by atoms with E-state index in [1.165, 1.54) is 19.1 Å². The highest BCUT2D eigenvalue weighted by Gasteiger charge is 2.33. The number of hydrogen-bond donors (Lipinski definition) is 1. The van der Waals surface area contributed by atoms with Gasteiger partial charge in [0.05, 0.1) is 17.5 Å². The zero-order valence-corrected chi connectivity index (χ0v) is 12.7. The highest BCUT2D eigenvalue weighted by Crippen LogP contribution is 2.32. The zero-order chi connectivity index (χ0) is 13.9. The van der Waals surface area contributed by atoms with Crippen molar-refractivity contribution in [2.45, 2.75) is 68.8 Å². The molecule has 4 nitrogen and oxygen atoms in total. The summed E-state index contributed by atoms with van der Waals surface area (Å²) >= 11 is 0. The number of ether oxygens (including phenoxy) is 1. The largest absolute Gasteiger partial charge is 0.375 e. The summed E-state index contributed by atoms with van der Waals surface area (Å²) < 4.78 is 29.6. The predicted octanol–water partition coefficient (Wildman–Crippen LogP) is 1.88. The lowest BCUT2D eigenvalue weighted by Gasteiger charge is -2.36. The van der Waals surface area contributed by atoms with Crippen molar-refractivity contribution in [3.8, 4) is 0 Å². The van der Waals surface area contributed by atoms with Gasteiger partial charge >= 0.3 is 0 Å². The van der Waals surface area contributed by atoms with Gasteiger partial charge in [-0.2, -0.15) is 0 Å². The molecule has 2 N–H and O–H groups in total. The number of nitrogens with two attached hydrogens (primary N) is 1. The molecule has 4 atom stereocenters. The van der Waals surface area contributed by atoms with Gasteiger partial charge in [-0.1, -0.05) is 12.8 Å². The highest BCUT2D eigenvalue weighted by molar-refractivity contribution is 7.91. The van der Waals surface area contributed by atoms with Crippen molar-refractivity contribution in [1.82, 2.24) is 0 Å². The molecule has 4 unspecified atom stereocenters. The molecule has 0 bridgehead atoms. The minimum Gasteiger partial charge on any atom is -0.375 e. The fourth-order valence-corrected chi connectivity index (χ4v) is 4.64. The molecule has 2 rings (SSSR count). The third kappa shape index (κ3) is 4.17. The lowest BCUT2D eigenvalue weighted by Crippen LogP contribution is -2.39. The fraction of sp³-hybridized carbons (Fsp3) is 1.00. The standard InChI is InChI=1S/C14H27NO3S/c1-19(16,17)13-7-4-6-12(9-13)18-14-8-3-2-5-11(14)10-15/h11-14H,2-10,15H2,1H3. The number of hydrogen-bond acceptors (Lipinski definition) is 4. The van der Waals surface area contributed by atoms with Crippen LogP contribution in [0, 0.1) is 5.92 Å². The van der Waals surface area contributed by atoms with Crippen LogP contribution in [0.2, 0.25) is 0 Å². The van der Waals surface area contributed by atoms with Gasteiger partial charge in [-0.15, -0.1) is 0 Å². The molecule has 5 heteroatoms. The summed E-state index contributed by atoms with van der Waals surface area (Å²) in [6.07, 6.45) is 9.85. The molecule has 2 aliphatic rings. The Hall–Kier alpha value is -0.130. The van der Waals surface area contributed by atoms with Crippen LogP contribution in [0.1, 0.15) is 51.4 Å². The van der Waals surface area contributed by atoms with Gasteiger partial charge in [0, 0.05) is 6.26 Å². The van der Waals surface area contributed by atoms with E-state index in [1.807, 2.05) is 0 Å². The smallest absolute Gasteiger partial charge is 0.150 e. The Kier molecular flexibility index (Phi) is 5.26. The van der Waals surface area contributed by atoms with E-state index < -0.39 is 9.84 Å². The molecule has 2 saturated carbocycles. The Morgan fingerprint density at radius 3 is 2.53 bits per heavy atom. The molecule has 2 fully saturated rings. The monoisotopic (exact) mass is 289 g/mol. The first-order chi connectivity index (χ1) is 9.00. The average molecular weight is 289 g/mol. The lowest BCUT2D eigenvalue weighted by molar-refractivity contribution is -0.0696. The molecule has 0 amide bonds. The van der Waals surface area contributed by atoms with Gasteiger partial charge in [0.15, 0.2) is 0 Å². The quantitative estimate of drug-likeness (QED) is 0.858. The molecular weight excluding hydrogens is 262 g/mol. The van der Waals surface area contributed by atoms with E-state index in [0.717, 1.165) is 32.1 Å². The first-order valence-electron chi connectivity index (χ1n) is 7.55.